The maximum Gasteiger partial charge on any atom is 0.416 e. The third-order valence-electron chi connectivity index (χ3n) is 2.89. The van der Waals surface area contributed by atoms with Gasteiger partial charge in [-0.2, -0.15) is 13.2 Å². The molecule has 0 bridgehead atoms. The van der Waals surface area contributed by atoms with E-state index < -0.39 is 11.7 Å². The molecule has 0 aliphatic rings. The van der Waals surface area contributed by atoms with E-state index >= 15 is 0 Å². The van der Waals surface area contributed by atoms with Crippen molar-refractivity contribution >= 4 is 40.1 Å². The van der Waals surface area contributed by atoms with E-state index in [1.807, 2.05) is 0 Å². The summed E-state index contributed by atoms with van der Waals surface area (Å²) in [7, 11) is 0. The van der Waals surface area contributed by atoms with Gasteiger partial charge in [-0.3, -0.25) is 5.41 Å². The molecule has 24 heavy (non-hydrogen) atoms. The standard InChI is InChI=1S/C15H11Cl2F3N2OS/c16-11-3-2-10(5-8(11)7-24-14(21)22)23-13-4-1-9(6-12(13)17)15(18,19)20/h1-6H,7H2,(H3,21,22). The molecule has 2 aromatic rings. The van der Waals surface area contributed by atoms with E-state index in [-0.39, 0.29) is 15.9 Å². The van der Waals surface area contributed by atoms with Crippen molar-refractivity contribution in [2.24, 2.45) is 5.73 Å². The lowest BCUT2D eigenvalue weighted by molar-refractivity contribution is -0.137. The predicted octanol–water partition coefficient (Wildman–Crippen LogP) is 5.93. The molecule has 2 rings (SSSR count). The second-order valence-corrected chi connectivity index (χ2v) is 6.48. The molecule has 0 unspecified atom stereocenters. The molecular formula is C15H11Cl2F3N2OS. The van der Waals surface area contributed by atoms with Crippen molar-refractivity contribution in [3.63, 3.8) is 0 Å². The van der Waals surface area contributed by atoms with Gasteiger partial charge in [0.1, 0.15) is 11.5 Å². The van der Waals surface area contributed by atoms with Gasteiger partial charge in [0.05, 0.1) is 10.6 Å². The fourth-order valence-corrected chi connectivity index (χ4v) is 2.80. The predicted molar refractivity (Wildman–Crippen MR) is 91.2 cm³/mol. The summed E-state index contributed by atoms with van der Waals surface area (Å²) in [6, 6.07) is 7.63. The van der Waals surface area contributed by atoms with E-state index in [2.05, 4.69) is 0 Å². The first-order valence-corrected chi connectivity index (χ1v) is 8.21. The summed E-state index contributed by atoms with van der Waals surface area (Å²) in [5, 5.41) is 7.46. The Morgan fingerprint density at radius 2 is 1.83 bits per heavy atom. The number of amidine groups is 1. The normalized spacial score (nSPS) is 11.4. The third kappa shape index (κ3) is 4.96. The third-order valence-corrected chi connectivity index (χ3v) is 4.32. The fourth-order valence-electron chi connectivity index (χ4n) is 1.77. The van der Waals surface area contributed by atoms with Crippen LogP contribution >= 0.6 is 35.0 Å². The molecule has 3 N–H and O–H groups in total. The van der Waals surface area contributed by atoms with Crippen LogP contribution < -0.4 is 10.5 Å². The topological polar surface area (TPSA) is 59.1 Å². The Morgan fingerprint density at radius 1 is 1.12 bits per heavy atom. The van der Waals surface area contributed by atoms with Gasteiger partial charge in [-0.1, -0.05) is 35.0 Å². The van der Waals surface area contributed by atoms with Crippen LogP contribution in [-0.2, 0) is 11.9 Å². The molecule has 0 saturated carbocycles. The molecule has 0 heterocycles. The second-order valence-electron chi connectivity index (χ2n) is 4.65. The molecule has 0 atom stereocenters. The van der Waals surface area contributed by atoms with Crippen LogP contribution in [0.4, 0.5) is 13.2 Å². The van der Waals surface area contributed by atoms with Crippen LogP contribution in [0.1, 0.15) is 11.1 Å². The number of thioether (sulfide) groups is 1. The van der Waals surface area contributed by atoms with E-state index in [9.17, 15) is 13.2 Å². The SMILES string of the molecule is N=C(N)SCc1cc(Oc2ccc(C(F)(F)F)cc2Cl)ccc1Cl. The van der Waals surface area contributed by atoms with Crippen LogP contribution in [0, 0.1) is 5.41 Å². The fraction of sp³-hybridized carbons (Fsp3) is 0.133. The van der Waals surface area contributed by atoms with Crippen LogP contribution in [0.5, 0.6) is 11.5 Å². The van der Waals surface area contributed by atoms with Crippen LogP contribution in [0.15, 0.2) is 36.4 Å². The smallest absolute Gasteiger partial charge is 0.416 e. The maximum atomic E-state index is 12.6. The van der Waals surface area contributed by atoms with Gasteiger partial charge in [-0.05, 0) is 42.0 Å². The summed E-state index contributed by atoms with van der Waals surface area (Å²) in [5.41, 5.74) is 5.11. The minimum atomic E-state index is -4.47. The molecule has 0 fully saturated rings. The summed E-state index contributed by atoms with van der Waals surface area (Å²) in [6.07, 6.45) is -4.47. The van der Waals surface area contributed by atoms with E-state index in [0.29, 0.717) is 22.1 Å². The summed E-state index contributed by atoms with van der Waals surface area (Å²) < 4.78 is 43.4. The van der Waals surface area contributed by atoms with E-state index in [1.54, 1.807) is 18.2 Å². The molecule has 3 nitrogen and oxygen atoms in total. The molecule has 0 aliphatic carbocycles. The molecule has 0 aliphatic heterocycles. The summed E-state index contributed by atoms with van der Waals surface area (Å²) >= 11 is 13.0. The number of halogens is 5. The van der Waals surface area contributed by atoms with Gasteiger partial charge in [-0.25, -0.2) is 0 Å². The number of nitrogens with two attached hydrogens (primary N) is 1. The highest BCUT2D eigenvalue weighted by atomic mass is 35.5. The molecule has 0 radical (unpaired) electrons. The second kappa shape index (κ2) is 7.55. The number of alkyl halides is 3. The van der Waals surface area contributed by atoms with Gasteiger partial charge in [0.15, 0.2) is 5.17 Å². The first-order valence-electron chi connectivity index (χ1n) is 6.46. The van der Waals surface area contributed by atoms with Crippen molar-refractivity contribution in [1.82, 2.24) is 0 Å². The van der Waals surface area contributed by atoms with Crippen molar-refractivity contribution < 1.29 is 17.9 Å². The zero-order valence-electron chi connectivity index (χ0n) is 12.0. The summed E-state index contributed by atoms with van der Waals surface area (Å²) in [6.45, 7) is 0. The van der Waals surface area contributed by atoms with Gasteiger partial charge in [0.2, 0.25) is 0 Å². The molecule has 9 heteroatoms. The number of ether oxygens (including phenoxy) is 1. The molecule has 2 aromatic carbocycles. The molecule has 0 aromatic heterocycles. The number of nitrogens with one attached hydrogen (secondary N) is 1. The maximum absolute atomic E-state index is 12.6. The van der Waals surface area contributed by atoms with Crippen LogP contribution in [0.25, 0.3) is 0 Å². The largest absolute Gasteiger partial charge is 0.456 e. The molecule has 0 spiro atoms. The lowest BCUT2D eigenvalue weighted by atomic mass is 10.2. The Hall–Kier alpha value is -1.57. The Labute approximate surface area is 150 Å². The highest BCUT2D eigenvalue weighted by molar-refractivity contribution is 8.13. The molecular weight excluding hydrogens is 384 g/mol. The average Bonchev–Trinajstić information content (AvgIpc) is 2.48. The minimum absolute atomic E-state index is 0.0526. The Bertz CT molecular complexity index is 769. The monoisotopic (exact) mass is 394 g/mol. The van der Waals surface area contributed by atoms with Crippen LogP contribution in [0.3, 0.4) is 0 Å². The highest BCUT2D eigenvalue weighted by Gasteiger charge is 2.31. The first-order chi connectivity index (χ1) is 11.2. The highest BCUT2D eigenvalue weighted by Crippen LogP contribution is 2.37. The average molecular weight is 395 g/mol. The summed E-state index contributed by atoms with van der Waals surface area (Å²) in [5.74, 6) is 0.823. The number of hydrogen-bond donors (Lipinski definition) is 2. The van der Waals surface area contributed by atoms with Crippen molar-refractivity contribution in [1.29, 1.82) is 5.41 Å². The van der Waals surface area contributed by atoms with Gasteiger partial charge in [0, 0.05) is 10.8 Å². The van der Waals surface area contributed by atoms with Gasteiger partial charge in [0.25, 0.3) is 0 Å². The van der Waals surface area contributed by atoms with Gasteiger partial charge >= 0.3 is 6.18 Å². The minimum Gasteiger partial charge on any atom is -0.456 e. The van der Waals surface area contributed by atoms with E-state index in [4.69, 9.17) is 39.1 Å². The number of rotatable bonds is 4. The van der Waals surface area contributed by atoms with Crippen molar-refractivity contribution in [3.8, 4) is 11.5 Å². The lowest BCUT2D eigenvalue weighted by Crippen LogP contribution is -2.04. The summed E-state index contributed by atoms with van der Waals surface area (Å²) in [4.78, 5) is 0. The lowest BCUT2D eigenvalue weighted by Gasteiger charge is -2.12. The quantitative estimate of drug-likeness (QED) is 0.498. The Balaban J connectivity index is 2.22. The van der Waals surface area contributed by atoms with Crippen LogP contribution in [0.2, 0.25) is 10.0 Å². The molecule has 0 amide bonds. The van der Waals surface area contributed by atoms with Crippen molar-refractivity contribution in [3.05, 3.63) is 57.6 Å². The first kappa shape index (κ1) is 18.8. The number of hydrogen-bond acceptors (Lipinski definition) is 3. The van der Waals surface area contributed by atoms with Gasteiger partial charge < -0.3 is 10.5 Å². The van der Waals surface area contributed by atoms with Crippen LogP contribution in [-0.4, -0.2) is 5.17 Å². The van der Waals surface area contributed by atoms with Crippen molar-refractivity contribution in [2.75, 3.05) is 0 Å². The Kier molecular flexibility index (Phi) is 5.90. The number of benzene rings is 2. The van der Waals surface area contributed by atoms with E-state index in [0.717, 1.165) is 30.0 Å². The van der Waals surface area contributed by atoms with E-state index in [1.165, 1.54) is 0 Å². The zero-order chi connectivity index (χ0) is 17.9. The Morgan fingerprint density at radius 3 is 2.42 bits per heavy atom. The van der Waals surface area contributed by atoms with Crippen molar-refractivity contribution in [2.45, 2.75) is 11.9 Å². The van der Waals surface area contributed by atoms with Gasteiger partial charge in [-0.15, -0.1) is 0 Å². The zero-order valence-corrected chi connectivity index (χ0v) is 14.3. The molecule has 128 valence electrons. The molecule has 0 saturated heterocycles.